The minimum absolute atomic E-state index is 0.196. The molecule has 1 rings (SSSR count). The lowest BCUT2D eigenvalue weighted by molar-refractivity contribution is 0.453. The van der Waals surface area contributed by atoms with E-state index in [2.05, 4.69) is 4.98 Å². The molecule has 1 aromatic rings. The first-order valence-electron chi connectivity index (χ1n) is 3.57. The van der Waals surface area contributed by atoms with Gasteiger partial charge in [-0.1, -0.05) is 18.7 Å². The van der Waals surface area contributed by atoms with Crippen LogP contribution in [0.5, 0.6) is 0 Å². The van der Waals surface area contributed by atoms with Crippen molar-refractivity contribution in [2.45, 2.75) is 23.8 Å². The monoisotopic (exact) mass is 185 g/mol. The molecule has 0 spiro atoms. The summed E-state index contributed by atoms with van der Waals surface area (Å²) >= 11 is 1.48. The van der Waals surface area contributed by atoms with E-state index in [9.17, 15) is 0 Å². The molecule has 1 heterocycles. The van der Waals surface area contributed by atoms with Gasteiger partial charge in [0.2, 0.25) is 0 Å². The Kier molecular flexibility index (Phi) is 3.16. The zero-order valence-corrected chi connectivity index (χ0v) is 7.60. The third kappa shape index (κ3) is 2.96. The van der Waals surface area contributed by atoms with Gasteiger partial charge >= 0.3 is 0 Å². The van der Waals surface area contributed by atoms with Gasteiger partial charge in [0.1, 0.15) is 6.26 Å². The molecule has 0 saturated heterocycles. The van der Waals surface area contributed by atoms with Crippen LogP contribution in [0.15, 0.2) is 22.1 Å². The van der Waals surface area contributed by atoms with Gasteiger partial charge in [0, 0.05) is 11.7 Å². The maximum atomic E-state index is 7.07. The fourth-order valence-corrected chi connectivity index (χ4v) is 1.63. The maximum absolute atomic E-state index is 7.07. The molecule has 1 aromatic heterocycles. The number of thioether (sulfide) groups is 1. The molecule has 0 aromatic carbocycles. The normalized spacial score (nSPS) is 12.8. The van der Waals surface area contributed by atoms with E-state index in [0.29, 0.717) is 11.6 Å². The molecule has 0 aliphatic carbocycles. The van der Waals surface area contributed by atoms with Crippen LogP contribution >= 0.6 is 11.8 Å². The summed E-state index contributed by atoms with van der Waals surface area (Å²) in [6, 6.07) is 0. The molecule has 0 amide bonds. The Morgan fingerprint density at radius 1 is 1.92 bits per heavy atom. The van der Waals surface area contributed by atoms with Crippen molar-refractivity contribution in [2.75, 3.05) is 0 Å². The van der Waals surface area contributed by atoms with Crippen molar-refractivity contribution < 1.29 is 4.42 Å². The molecule has 1 atom stereocenters. The summed E-state index contributed by atoms with van der Waals surface area (Å²) in [5.74, 6) is 0.196. The van der Waals surface area contributed by atoms with Crippen LogP contribution in [-0.4, -0.2) is 16.1 Å². The highest BCUT2D eigenvalue weighted by molar-refractivity contribution is 7.99. The Hall–Kier alpha value is -0.970. The van der Waals surface area contributed by atoms with Crippen LogP contribution in [0.3, 0.4) is 0 Å². The summed E-state index contributed by atoms with van der Waals surface area (Å²) in [7, 11) is 0. The molecule has 0 fully saturated rings. The summed E-state index contributed by atoms with van der Waals surface area (Å²) in [5, 5.41) is 7.93. The van der Waals surface area contributed by atoms with Crippen LogP contribution < -0.4 is 5.73 Å². The summed E-state index contributed by atoms with van der Waals surface area (Å²) in [5.41, 5.74) is 5.24. The second kappa shape index (κ2) is 4.15. The smallest absolute Gasteiger partial charge is 0.255 e. The minimum atomic E-state index is 0.196. The van der Waals surface area contributed by atoms with Crippen molar-refractivity contribution in [1.29, 1.82) is 5.41 Å². The van der Waals surface area contributed by atoms with Crippen LogP contribution in [-0.2, 0) is 0 Å². The number of aromatic nitrogens is 1. The average Bonchev–Trinajstić information content (AvgIpc) is 2.37. The predicted octanol–water partition coefficient (Wildman–Crippen LogP) is 1.48. The molecule has 12 heavy (non-hydrogen) atoms. The highest BCUT2D eigenvalue weighted by Crippen LogP contribution is 2.22. The molecular weight excluding hydrogens is 174 g/mol. The molecule has 0 aliphatic heterocycles. The van der Waals surface area contributed by atoms with E-state index in [1.54, 1.807) is 6.20 Å². The molecule has 0 radical (unpaired) electrons. The van der Waals surface area contributed by atoms with Gasteiger partial charge < -0.3 is 10.2 Å². The lowest BCUT2D eigenvalue weighted by Gasteiger charge is -2.05. The summed E-state index contributed by atoms with van der Waals surface area (Å²) in [6.45, 7) is 1.98. The van der Waals surface area contributed by atoms with Gasteiger partial charge in [-0.2, -0.15) is 0 Å². The van der Waals surface area contributed by atoms with Gasteiger partial charge in [0.25, 0.3) is 5.22 Å². The van der Waals surface area contributed by atoms with Crippen molar-refractivity contribution in [3.05, 3.63) is 12.5 Å². The SMILES string of the molecule is CC(CC(=N)N)Sc1ncco1. The number of nitrogens with zero attached hydrogens (tertiary/aromatic N) is 1. The number of amidine groups is 1. The Morgan fingerprint density at radius 2 is 2.67 bits per heavy atom. The van der Waals surface area contributed by atoms with Crippen LogP contribution in [0.2, 0.25) is 0 Å². The second-order valence-corrected chi connectivity index (χ2v) is 3.85. The van der Waals surface area contributed by atoms with E-state index in [0.717, 1.165) is 0 Å². The first-order chi connectivity index (χ1) is 5.68. The molecule has 5 heteroatoms. The van der Waals surface area contributed by atoms with E-state index < -0.39 is 0 Å². The molecule has 0 saturated carbocycles. The number of nitrogens with two attached hydrogens (primary N) is 1. The number of nitrogens with one attached hydrogen (secondary N) is 1. The van der Waals surface area contributed by atoms with Crippen molar-refractivity contribution >= 4 is 17.6 Å². The first kappa shape index (κ1) is 9.12. The third-order valence-corrected chi connectivity index (χ3v) is 2.19. The van der Waals surface area contributed by atoms with E-state index in [1.807, 2.05) is 6.92 Å². The fraction of sp³-hybridized carbons (Fsp3) is 0.429. The lowest BCUT2D eigenvalue weighted by atomic mass is 10.3. The van der Waals surface area contributed by atoms with E-state index >= 15 is 0 Å². The number of hydrogen-bond acceptors (Lipinski definition) is 4. The van der Waals surface area contributed by atoms with Crippen molar-refractivity contribution in [1.82, 2.24) is 4.98 Å². The third-order valence-electron chi connectivity index (χ3n) is 1.22. The van der Waals surface area contributed by atoms with Gasteiger partial charge in [-0.05, 0) is 0 Å². The largest absolute Gasteiger partial charge is 0.440 e. The zero-order valence-electron chi connectivity index (χ0n) is 6.78. The summed E-state index contributed by atoms with van der Waals surface area (Å²) < 4.78 is 5.03. The fourth-order valence-electron chi connectivity index (χ4n) is 0.792. The summed E-state index contributed by atoms with van der Waals surface area (Å²) in [6.07, 6.45) is 3.69. The van der Waals surface area contributed by atoms with Crippen molar-refractivity contribution in [2.24, 2.45) is 5.73 Å². The molecule has 1 unspecified atom stereocenters. The highest BCUT2D eigenvalue weighted by Gasteiger charge is 2.08. The van der Waals surface area contributed by atoms with Gasteiger partial charge in [-0.15, -0.1) is 0 Å². The van der Waals surface area contributed by atoms with Crippen LogP contribution in [0, 0.1) is 5.41 Å². The first-order valence-corrected chi connectivity index (χ1v) is 4.45. The quantitative estimate of drug-likeness (QED) is 0.423. The number of oxazole rings is 1. The number of hydrogen-bond donors (Lipinski definition) is 2. The minimum Gasteiger partial charge on any atom is -0.440 e. The van der Waals surface area contributed by atoms with Gasteiger partial charge in [-0.3, -0.25) is 5.41 Å². The Balaban J connectivity index is 2.36. The Morgan fingerprint density at radius 3 is 3.17 bits per heavy atom. The van der Waals surface area contributed by atoms with Crippen molar-refractivity contribution in [3.63, 3.8) is 0 Å². The predicted molar refractivity (Wildman–Crippen MR) is 48.4 cm³/mol. The van der Waals surface area contributed by atoms with Crippen LogP contribution in [0.4, 0.5) is 0 Å². The van der Waals surface area contributed by atoms with Gasteiger partial charge in [-0.25, -0.2) is 4.98 Å². The van der Waals surface area contributed by atoms with Gasteiger partial charge in [0.05, 0.1) is 12.0 Å². The van der Waals surface area contributed by atoms with E-state index in [4.69, 9.17) is 15.6 Å². The second-order valence-electron chi connectivity index (χ2n) is 2.46. The highest BCUT2D eigenvalue weighted by atomic mass is 32.2. The topological polar surface area (TPSA) is 75.9 Å². The zero-order chi connectivity index (χ0) is 8.97. The van der Waals surface area contributed by atoms with Crippen LogP contribution in [0.25, 0.3) is 0 Å². The Labute approximate surface area is 75.1 Å². The van der Waals surface area contributed by atoms with E-state index in [-0.39, 0.29) is 11.1 Å². The Bertz CT molecular complexity index is 247. The average molecular weight is 185 g/mol. The van der Waals surface area contributed by atoms with Crippen molar-refractivity contribution in [3.8, 4) is 0 Å². The standard InChI is InChI=1S/C7H11N3OS/c1-5(4-6(8)9)12-7-10-2-3-11-7/h2-3,5H,4H2,1H3,(H3,8,9). The van der Waals surface area contributed by atoms with Crippen LogP contribution in [0.1, 0.15) is 13.3 Å². The summed E-state index contributed by atoms with van der Waals surface area (Å²) in [4.78, 5) is 3.95. The molecule has 0 bridgehead atoms. The molecule has 3 N–H and O–H groups in total. The number of rotatable bonds is 4. The lowest BCUT2D eigenvalue weighted by Crippen LogP contribution is -2.14. The van der Waals surface area contributed by atoms with Gasteiger partial charge in [0.15, 0.2) is 0 Å². The molecule has 0 aliphatic rings. The molecule has 4 nitrogen and oxygen atoms in total. The maximum Gasteiger partial charge on any atom is 0.255 e. The molecule has 66 valence electrons. The molecular formula is C7H11N3OS. The van der Waals surface area contributed by atoms with E-state index in [1.165, 1.54) is 18.0 Å².